The molecule has 1 aliphatic rings. The SMILES string of the molecule is C[C@@H](NC(=O)c1ccccc1N1CCOCC1)c1cn2ncsc2n1. The number of nitrogens with zero attached hydrogens (tertiary/aromatic N) is 4. The summed E-state index contributed by atoms with van der Waals surface area (Å²) in [5, 5.41) is 7.22. The molecule has 3 heterocycles. The molecule has 0 bridgehead atoms. The Morgan fingerprint density at radius 1 is 1.32 bits per heavy atom. The van der Waals surface area contributed by atoms with E-state index >= 15 is 0 Å². The van der Waals surface area contributed by atoms with Crippen molar-refractivity contribution in [2.24, 2.45) is 0 Å². The van der Waals surface area contributed by atoms with Crippen LogP contribution in [0.1, 0.15) is 29.0 Å². The van der Waals surface area contributed by atoms with Crippen molar-refractivity contribution < 1.29 is 9.53 Å². The normalized spacial score (nSPS) is 16.1. The zero-order valence-electron chi connectivity index (χ0n) is 13.9. The molecule has 8 heteroatoms. The van der Waals surface area contributed by atoms with Crippen LogP contribution in [0.5, 0.6) is 0 Å². The van der Waals surface area contributed by atoms with E-state index in [2.05, 4.69) is 20.3 Å². The Labute approximate surface area is 149 Å². The summed E-state index contributed by atoms with van der Waals surface area (Å²) in [7, 11) is 0. The summed E-state index contributed by atoms with van der Waals surface area (Å²) in [4.78, 5) is 20.4. The lowest BCUT2D eigenvalue weighted by Crippen LogP contribution is -2.38. The van der Waals surface area contributed by atoms with Crippen molar-refractivity contribution in [1.82, 2.24) is 19.9 Å². The van der Waals surface area contributed by atoms with E-state index < -0.39 is 0 Å². The summed E-state index contributed by atoms with van der Waals surface area (Å²) in [6.07, 6.45) is 1.85. The van der Waals surface area contributed by atoms with Crippen LogP contribution < -0.4 is 10.2 Å². The average Bonchev–Trinajstić information content (AvgIpc) is 3.24. The molecular formula is C17H19N5O2S. The predicted octanol–water partition coefficient (Wildman–Crippen LogP) is 2.12. The summed E-state index contributed by atoms with van der Waals surface area (Å²) in [6, 6.07) is 7.50. The zero-order valence-corrected chi connectivity index (χ0v) is 14.7. The summed E-state index contributed by atoms with van der Waals surface area (Å²) in [5.74, 6) is -0.0982. The van der Waals surface area contributed by atoms with Crippen molar-refractivity contribution in [1.29, 1.82) is 0 Å². The quantitative estimate of drug-likeness (QED) is 0.774. The van der Waals surface area contributed by atoms with Crippen molar-refractivity contribution in [3.63, 3.8) is 0 Å². The number of carbonyl (C=O) groups is 1. The summed E-state index contributed by atoms with van der Waals surface area (Å²) in [5.41, 5.74) is 4.17. The van der Waals surface area contributed by atoms with E-state index in [-0.39, 0.29) is 11.9 Å². The van der Waals surface area contributed by atoms with Gasteiger partial charge in [-0.15, -0.1) is 0 Å². The number of nitrogens with one attached hydrogen (secondary N) is 1. The van der Waals surface area contributed by atoms with E-state index in [1.165, 1.54) is 11.3 Å². The molecule has 25 heavy (non-hydrogen) atoms. The van der Waals surface area contributed by atoms with Gasteiger partial charge in [0.05, 0.1) is 36.7 Å². The highest BCUT2D eigenvalue weighted by atomic mass is 32.1. The first-order chi connectivity index (χ1) is 12.2. The summed E-state index contributed by atoms with van der Waals surface area (Å²) in [6.45, 7) is 4.89. The minimum absolute atomic E-state index is 0.0982. The van der Waals surface area contributed by atoms with Crippen LogP contribution in [0.2, 0.25) is 0 Å². The van der Waals surface area contributed by atoms with Gasteiger partial charge in [-0.25, -0.2) is 9.50 Å². The number of imidazole rings is 1. The molecule has 1 aromatic carbocycles. The van der Waals surface area contributed by atoms with Crippen molar-refractivity contribution in [2.45, 2.75) is 13.0 Å². The van der Waals surface area contributed by atoms with Gasteiger partial charge in [0.2, 0.25) is 4.96 Å². The Balaban J connectivity index is 1.53. The molecule has 1 saturated heterocycles. The fraction of sp³-hybridized carbons (Fsp3) is 0.353. The third kappa shape index (κ3) is 3.22. The van der Waals surface area contributed by atoms with Crippen LogP contribution in [0.4, 0.5) is 5.69 Å². The monoisotopic (exact) mass is 357 g/mol. The van der Waals surface area contributed by atoms with Gasteiger partial charge in [-0.05, 0) is 19.1 Å². The number of amides is 1. The number of carbonyl (C=O) groups excluding carboxylic acids is 1. The second-order valence-electron chi connectivity index (χ2n) is 5.94. The molecule has 1 aliphatic heterocycles. The highest BCUT2D eigenvalue weighted by Gasteiger charge is 2.20. The van der Waals surface area contributed by atoms with Gasteiger partial charge in [0.15, 0.2) is 0 Å². The van der Waals surface area contributed by atoms with Crippen LogP contribution in [-0.2, 0) is 4.74 Å². The molecule has 2 aromatic heterocycles. The molecule has 7 nitrogen and oxygen atoms in total. The van der Waals surface area contributed by atoms with E-state index in [0.717, 1.165) is 29.4 Å². The lowest BCUT2D eigenvalue weighted by atomic mass is 10.1. The average molecular weight is 357 g/mol. The van der Waals surface area contributed by atoms with Gasteiger partial charge < -0.3 is 15.0 Å². The fourth-order valence-electron chi connectivity index (χ4n) is 2.96. The minimum atomic E-state index is -0.195. The van der Waals surface area contributed by atoms with Gasteiger partial charge in [0, 0.05) is 18.8 Å². The number of fused-ring (bicyclic) bond motifs is 1. The molecule has 0 spiro atoms. The summed E-state index contributed by atoms with van der Waals surface area (Å²) < 4.78 is 7.13. The van der Waals surface area contributed by atoms with Crippen LogP contribution in [0, 0.1) is 0 Å². The van der Waals surface area contributed by atoms with Crippen LogP contribution in [-0.4, -0.2) is 46.8 Å². The minimum Gasteiger partial charge on any atom is -0.378 e. The maximum atomic E-state index is 12.8. The van der Waals surface area contributed by atoms with Gasteiger partial charge >= 0.3 is 0 Å². The third-order valence-corrected chi connectivity index (χ3v) is 4.99. The van der Waals surface area contributed by atoms with Crippen LogP contribution in [0.3, 0.4) is 0 Å². The van der Waals surface area contributed by atoms with Crippen LogP contribution in [0.25, 0.3) is 4.96 Å². The van der Waals surface area contributed by atoms with E-state index in [0.29, 0.717) is 18.8 Å². The lowest BCUT2D eigenvalue weighted by molar-refractivity contribution is 0.0938. The molecular weight excluding hydrogens is 338 g/mol. The lowest BCUT2D eigenvalue weighted by Gasteiger charge is -2.30. The highest BCUT2D eigenvalue weighted by molar-refractivity contribution is 7.14. The molecule has 0 saturated carbocycles. The Morgan fingerprint density at radius 3 is 2.92 bits per heavy atom. The van der Waals surface area contributed by atoms with Gasteiger partial charge in [-0.3, -0.25) is 4.79 Å². The Kier molecular flexibility index (Phi) is 4.37. The molecule has 1 amide bonds. The highest BCUT2D eigenvalue weighted by Crippen LogP contribution is 2.23. The standard InChI is InChI=1S/C17H19N5O2S/c1-12(14-10-22-17(20-14)25-11-18-22)19-16(23)13-4-2-3-5-15(13)21-6-8-24-9-7-21/h2-5,10-12H,6-9H2,1H3,(H,19,23)/t12-/m1/s1. The maximum absolute atomic E-state index is 12.8. The number of rotatable bonds is 4. The fourth-order valence-corrected chi connectivity index (χ4v) is 3.57. The predicted molar refractivity (Wildman–Crippen MR) is 96.2 cm³/mol. The Hall–Kier alpha value is -2.45. The number of morpholine rings is 1. The van der Waals surface area contributed by atoms with Crippen molar-refractivity contribution in [2.75, 3.05) is 31.2 Å². The number of anilines is 1. The zero-order chi connectivity index (χ0) is 17.2. The first kappa shape index (κ1) is 16.0. The second kappa shape index (κ2) is 6.81. The smallest absolute Gasteiger partial charge is 0.253 e. The number of benzene rings is 1. The molecule has 3 aromatic rings. The maximum Gasteiger partial charge on any atom is 0.253 e. The van der Waals surface area contributed by atoms with Gasteiger partial charge in [-0.1, -0.05) is 23.5 Å². The molecule has 0 unspecified atom stereocenters. The van der Waals surface area contributed by atoms with Crippen LogP contribution in [0.15, 0.2) is 36.0 Å². The van der Waals surface area contributed by atoms with Gasteiger partial charge in [0.25, 0.3) is 5.91 Å². The molecule has 1 N–H and O–H groups in total. The van der Waals surface area contributed by atoms with E-state index in [4.69, 9.17) is 4.74 Å². The Morgan fingerprint density at radius 2 is 2.12 bits per heavy atom. The number of hydrogen-bond acceptors (Lipinski definition) is 6. The van der Waals surface area contributed by atoms with Crippen molar-refractivity contribution in [3.8, 4) is 0 Å². The third-order valence-electron chi connectivity index (χ3n) is 4.30. The van der Waals surface area contributed by atoms with Crippen molar-refractivity contribution >= 4 is 27.9 Å². The molecule has 0 radical (unpaired) electrons. The first-order valence-electron chi connectivity index (χ1n) is 8.24. The van der Waals surface area contributed by atoms with Crippen molar-refractivity contribution in [3.05, 3.63) is 47.2 Å². The van der Waals surface area contributed by atoms with Gasteiger partial charge in [0.1, 0.15) is 5.51 Å². The molecule has 1 atom stereocenters. The van der Waals surface area contributed by atoms with Gasteiger partial charge in [-0.2, -0.15) is 5.10 Å². The summed E-state index contributed by atoms with van der Waals surface area (Å²) >= 11 is 1.47. The topological polar surface area (TPSA) is 71.8 Å². The van der Waals surface area contributed by atoms with Crippen LogP contribution >= 0.6 is 11.3 Å². The Bertz CT molecular complexity index is 855. The molecule has 0 aliphatic carbocycles. The van der Waals surface area contributed by atoms with E-state index in [1.54, 1.807) is 10.0 Å². The number of ether oxygens (including phenoxy) is 1. The second-order valence-corrected chi connectivity index (χ2v) is 6.76. The van der Waals surface area contributed by atoms with E-state index in [9.17, 15) is 4.79 Å². The number of para-hydroxylation sites is 1. The first-order valence-corrected chi connectivity index (χ1v) is 9.11. The molecule has 4 rings (SSSR count). The number of aromatic nitrogens is 3. The molecule has 130 valence electrons. The molecule has 1 fully saturated rings. The van der Waals surface area contributed by atoms with E-state index in [1.807, 2.05) is 37.4 Å². The number of hydrogen-bond donors (Lipinski definition) is 1. The largest absolute Gasteiger partial charge is 0.378 e.